The summed E-state index contributed by atoms with van der Waals surface area (Å²) >= 11 is 1.36. The molecule has 0 bridgehead atoms. The zero-order valence-corrected chi connectivity index (χ0v) is 18.6. The third-order valence-electron chi connectivity index (χ3n) is 6.04. The Kier molecular flexibility index (Phi) is 5.32. The second kappa shape index (κ2) is 8.19. The molecular weight excluding hydrogens is 446 g/mol. The van der Waals surface area contributed by atoms with Gasteiger partial charge in [0.05, 0.1) is 19.3 Å². The highest BCUT2D eigenvalue weighted by molar-refractivity contribution is 8.01. The molecule has 0 saturated carbocycles. The molecule has 3 aromatic rings. The molecule has 2 aliphatic heterocycles. The molecular formula is C25H20F2N2O3S. The van der Waals surface area contributed by atoms with Gasteiger partial charge in [0.2, 0.25) is 0 Å². The van der Waals surface area contributed by atoms with Crippen LogP contribution in [0, 0.1) is 11.6 Å². The predicted molar refractivity (Wildman–Crippen MR) is 122 cm³/mol. The van der Waals surface area contributed by atoms with Gasteiger partial charge < -0.3 is 14.5 Å². The average molecular weight is 467 g/mol. The molecule has 2 amide bonds. The maximum atomic E-state index is 14.4. The topological polar surface area (TPSA) is 49.9 Å². The number of anilines is 1. The van der Waals surface area contributed by atoms with Gasteiger partial charge in [0.25, 0.3) is 11.8 Å². The summed E-state index contributed by atoms with van der Waals surface area (Å²) in [5.74, 6) is -1.03. The van der Waals surface area contributed by atoms with Crippen LogP contribution in [-0.2, 0) is 16.2 Å². The van der Waals surface area contributed by atoms with E-state index >= 15 is 0 Å². The Morgan fingerprint density at radius 3 is 2.55 bits per heavy atom. The lowest BCUT2D eigenvalue weighted by Crippen LogP contribution is -2.50. The lowest BCUT2D eigenvalue weighted by molar-refractivity contribution is -0.123. The largest absolute Gasteiger partial charge is 0.497 e. The SMILES string of the molecule is COc1cccc(C(=O)N2CCS[C@@]23C(=O)N(Cc2c(F)cccc2F)c2ccccc23)c1. The van der Waals surface area contributed by atoms with Crippen LogP contribution in [0.5, 0.6) is 5.75 Å². The number of carbonyl (C=O) groups excluding carboxylic acids is 2. The van der Waals surface area contributed by atoms with Crippen molar-refractivity contribution in [3.63, 3.8) is 0 Å². The van der Waals surface area contributed by atoms with Crippen molar-refractivity contribution in [1.29, 1.82) is 0 Å². The van der Waals surface area contributed by atoms with E-state index in [-0.39, 0.29) is 23.9 Å². The maximum absolute atomic E-state index is 14.4. The van der Waals surface area contributed by atoms with Crippen LogP contribution in [-0.4, -0.2) is 36.1 Å². The zero-order valence-electron chi connectivity index (χ0n) is 17.8. The van der Waals surface area contributed by atoms with E-state index in [1.54, 1.807) is 53.4 Å². The van der Waals surface area contributed by atoms with Crippen LogP contribution in [0.25, 0.3) is 0 Å². The number of methoxy groups -OCH3 is 1. The summed E-state index contributed by atoms with van der Waals surface area (Å²) in [4.78, 5) is 29.1. The van der Waals surface area contributed by atoms with E-state index in [9.17, 15) is 18.4 Å². The Balaban J connectivity index is 1.58. The predicted octanol–water partition coefficient (Wildman–Crippen LogP) is 4.56. The van der Waals surface area contributed by atoms with E-state index in [2.05, 4.69) is 0 Å². The average Bonchev–Trinajstić information content (AvgIpc) is 3.38. The lowest BCUT2D eigenvalue weighted by atomic mass is 10.0. The summed E-state index contributed by atoms with van der Waals surface area (Å²) in [5.41, 5.74) is 1.40. The molecule has 1 saturated heterocycles. The lowest BCUT2D eigenvalue weighted by Gasteiger charge is -2.33. The van der Waals surface area contributed by atoms with Gasteiger partial charge in [-0.1, -0.05) is 30.3 Å². The van der Waals surface area contributed by atoms with Crippen molar-refractivity contribution in [2.75, 3.05) is 24.3 Å². The third-order valence-corrected chi connectivity index (χ3v) is 7.46. The summed E-state index contributed by atoms with van der Waals surface area (Å²) < 4.78 is 34.1. The Hall–Kier alpha value is -3.39. The van der Waals surface area contributed by atoms with Crippen molar-refractivity contribution >= 4 is 29.3 Å². The Labute approximate surface area is 193 Å². The first-order valence-electron chi connectivity index (χ1n) is 10.4. The number of carbonyl (C=O) groups is 2. The highest BCUT2D eigenvalue weighted by Gasteiger charge is 2.59. The monoisotopic (exact) mass is 466 g/mol. The summed E-state index contributed by atoms with van der Waals surface area (Å²) in [7, 11) is 1.52. The second-order valence-corrected chi connectivity index (χ2v) is 9.08. The number of halogens is 2. The van der Waals surface area contributed by atoms with Crippen molar-refractivity contribution in [3.05, 3.63) is 95.1 Å². The quantitative estimate of drug-likeness (QED) is 0.566. The number of hydrogen-bond donors (Lipinski definition) is 0. The van der Waals surface area contributed by atoms with Crippen LogP contribution in [0.1, 0.15) is 21.5 Å². The van der Waals surface area contributed by atoms with Gasteiger partial charge in [-0.3, -0.25) is 9.59 Å². The highest BCUT2D eigenvalue weighted by atomic mass is 32.2. The fraction of sp³-hybridized carbons (Fsp3) is 0.200. The molecule has 2 heterocycles. The van der Waals surface area contributed by atoms with E-state index in [1.807, 2.05) is 0 Å². The molecule has 3 aromatic carbocycles. The molecule has 1 spiro atoms. The van der Waals surface area contributed by atoms with E-state index < -0.39 is 16.5 Å². The van der Waals surface area contributed by atoms with Crippen molar-refractivity contribution in [2.24, 2.45) is 0 Å². The van der Waals surface area contributed by atoms with Gasteiger partial charge in [-0.2, -0.15) is 0 Å². The van der Waals surface area contributed by atoms with Crippen molar-refractivity contribution in [2.45, 2.75) is 11.4 Å². The van der Waals surface area contributed by atoms with Gasteiger partial charge in [-0.05, 0) is 36.4 Å². The molecule has 5 rings (SSSR count). The van der Waals surface area contributed by atoms with Crippen LogP contribution in [0.4, 0.5) is 14.5 Å². The molecule has 0 N–H and O–H groups in total. The molecule has 8 heteroatoms. The Morgan fingerprint density at radius 2 is 1.79 bits per heavy atom. The molecule has 33 heavy (non-hydrogen) atoms. The fourth-order valence-corrected chi connectivity index (χ4v) is 5.94. The minimum absolute atomic E-state index is 0.189. The van der Waals surface area contributed by atoms with Gasteiger partial charge in [0.15, 0.2) is 4.87 Å². The summed E-state index contributed by atoms with van der Waals surface area (Å²) in [5, 5.41) is 0. The van der Waals surface area contributed by atoms with Gasteiger partial charge in [0, 0.05) is 29.0 Å². The van der Waals surface area contributed by atoms with E-state index in [0.29, 0.717) is 34.9 Å². The maximum Gasteiger partial charge on any atom is 0.268 e. The van der Waals surface area contributed by atoms with Crippen LogP contribution in [0.15, 0.2) is 66.7 Å². The van der Waals surface area contributed by atoms with Crippen LogP contribution >= 0.6 is 11.8 Å². The smallest absolute Gasteiger partial charge is 0.268 e. The fourth-order valence-electron chi connectivity index (χ4n) is 4.48. The minimum atomic E-state index is -1.29. The first-order chi connectivity index (χ1) is 16.0. The number of amides is 2. The highest BCUT2D eigenvalue weighted by Crippen LogP contribution is 2.54. The first kappa shape index (κ1) is 21.5. The number of hydrogen-bond acceptors (Lipinski definition) is 4. The molecule has 1 atom stereocenters. The van der Waals surface area contributed by atoms with Crippen LogP contribution in [0.3, 0.4) is 0 Å². The molecule has 0 unspecified atom stereocenters. The van der Waals surface area contributed by atoms with Crippen molar-refractivity contribution in [3.8, 4) is 5.75 Å². The normalized spacial score (nSPS) is 19.3. The number of benzene rings is 3. The third kappa shape index (κ3) is 3.28. The van der Waals surface area contributed by atoms with Gasteiger partial charge >= 0.3 is 0 Å². The van der Waals surface area contributed by atoms with Crippen molar-refractivity contribution < 1.29 is 23.1 Å². The number of para-hydroxylation sites is 1. The van der Waals surface area contributed by atoms with Crippen LogP contribution in [0.2, 0.25) is 0 Å². The molecule has 0 aliphatic carbocycles. The number of nitrogens with zero attached hydrogens (tertiary/aromatic N) is 2. The zero-order chi connectivity index (χ0) is 23.2. The summed E-state index contributed by atoms with van der Waals surface area (Å²) in [6.45, 7) is 0.0978. The summed E-state index contributed by atoms with van der Waals surface area (Å²) in [6.07, 6.45) is 0. The number of ether oxygens (including phenoxy) is 1. The number of fused-ring (bicyclic) bond motifs is 2. The Morgan fingerprint density at radius 1 is 1.06 bits per heavy atom. The molecule has 0 radical (unpaired) electrons. The first-order valence-corrected chi connectivity index (χ1v) is 11.4. The molecule has 2 aliphatic rings. The molecule has 5 nitrogen and oxygen atoms in total. The second-order valence-electron chi connectivity index (χ2n) is 7.79. The number of rotatable bonds is 4. The van der Waals surface area contributed by atoms with Crippen molar-refractivity contribution in [1.82, 2.24) is 4.90 Å². The number of thioether (sulfide) groups is 1. The van der Waals surface area contributed by atoms with E-state index in [0.717, 1.165) is 0 Å². The molecule has 0 aromatic heterocycles. The van der Waals surface area contributed by atoms with Crippen LogP contribution < -0.4 is 9.64 Å². The van der Waals surface area contributed by atoms with Gasteiger partial charge in [0.1, 0.15) is 17.4 Å². The molecule has 168 valence electrons. The van der Waals surface area contributed by atoms with Gasteiger partial charge in [-0.25, -0.2) is 8.78 Å². The minimum Gasteiger partial charge on any atom is -0.497 e. The Bertz CT molecular complexity index is 1250. The van der Waals surface area contributed by atoms with Gasteiger partial charge in [-0.15, -0.1) is 11.8 Å². The van der Waals surface area contributed by atoms with E-state index in [1.165, 1.54) is 42.0 Å². The standard InChI is InChI=1S/C25H20F2N2O3S/c1-32-17-7-4-6-16(14-17)23(30)29-12-13-33-25(29)19-8-2-3-11-22(19)28(24(25)31)15-18-20(26)9-5-10-21(18)27/h2-11,14H,12-13,15H2,1H3/t25-/m0/s1. The van der Waals surface area contributed by atoms with E-state index in [4.69, 9.17) is 4.74 Å². The summed E-state index contributed by atoms with van der Waals surface area (Å²) in [6, 6.07) is 17.5. The molecule has 1 fully saturated rings.